The van der Waals surface area contributed by atoms with Gasteiger partial charge in [0.05, 0.1) is 0 Å². The van der Waals surface area contributed by atoms with Crippen LogP contribution in [-0.4, -0.2) is 6.04 Å². The normalized spacial score (nSPS) is 14.2. The molecule has 1 aromatic heterocycles. The van der Waals surface area contributed by atoms with Crippen molar-refractivity contribution >= 4 is 11.3 Å². The van der Waals surface area contributed by atoms with Crippen molar-refractivity contribution in [2.75, 3.05) is 0 Å². The highest BCUT2D eigenvalue weighted by atomic mass is 32.1. The van der Waals surface area contributed by atoms with Crippen LogP contribution in [0.25, 0.3) is 0 Å². The Bertz CT molecular complexity index is 534. The lowest BCUT2D eigenvalue weighted by molar-refractivity contribution is 0.475. The van der Waals surface area contributed by atoms with Gasteiger partial charge in [0.15, 0.2) is 0 Å². The number of aryl methyl sites for hydroxylation is 3. The summed E-state index contributed by atoms with van der Waals surface area (Å²) in [6, 6.07) is 7.66. The molecule has 108 valence electrons. The first kappa shape index (κ1) is 15.3. The Morgan fingerprint density at radius 2 is 1.75 bits per heavy atom. The Kier molecular flexibility index (Phi) is 5.00. The molecular formula is C18H25NS. The van der Waals surface area contributed by atoms with E-state index in [0.717, 1.165) is 6.42 Å². The Morgan fingerprint density at radius 3 is 2.30 bits per heavy atom. The van der Waals surface area contributed by atoms with E-state index in [1.54, 1.807) is 11.3 Å². The van der Waals surface area contributed by atoms with E-state index in [0.29, 0.717) is 12.1 Å². The average molecular weight is 287 g/mol. The van der Waals surface area contributed by atoms with Gasteiger partial charge in [-0.15, -0.1) is 0 Å². The van der Waals surface area contributed by atoms with Crippen LogP contribution >= 0.6 is 11.3 Å². The highest BCUT2D eigenvalue weighted by Gasteiger charge is 2.14. The maximum absolute atomic E-state index is 3.74. The van der Waals surface area contributed by atoms with Crippen molar-refractivity contribution in [3.8, 4) is 0 Å². The van der Waals surface area contributed by atoms with E-state index in [1.165, 1.54) is 27.8 Å². The van der Waals surface area contributed by atoms with Crippen molar-refractivity contribution in [2.45, 2.75) is 53.1 Å². The monoisotopic (exact) mass is 287 g/mol. The predicted molar refractivity (Wildman–Crippen MR) is 89.7 cm³/mol. The van der Waals surface area contributed by atoms with Crippen LogP contribution < -0.4 is 5.32 Å². The molecule has 0 aliphatic heterocycles. The van der Waals surface area contributed by atoms with E-state index in [4.69, 9.17) is 0 Å². The lowest BCUT2D eigenvalue weighted by Gasteiger charge is -2.23. The van der Waals surface area contributed by atoms with E-state index >= 15 is 0 Å². The first-order valence-corrected chi connectivity index (χ1v) is 8.26. The van der Waals surface area contributed by atoms with Gasteiger partial charge in [-0.1, -0.05) is 17.7 Å². The molecular weight excluding hydrogens is 262 g/mol. The zero-order valence-electron chi connectivity index (χ0n) is 13.2. The van der Waals surface area contributed by atoms with Gasteiger partial charge in [0.25, 0.3) is 0 Å². The van der Waals surface area contributed by atoms with E-state index in [-0.39, 0.29) is 0 Å². The summed E-state index contributed by atoms with van der Waals surface area (Å²) in [4.78, 5) is 0. The third-order valence-electron chi connectivity index (χ3n) is 3.83. The number of benzene rings is 1. The molecule has 20 heavy (non-hydrogen) atoms. The minimum Gasteiger partial charge on any atom is -0.307 e. The van der Waals surface area contributed by atoms with Gasteiger partial charge in [0.2, 0.25) is 0 Å². The fourth-order valence-electron chi connectivity index (χ4n) is 3.21. The molecule has 2 unspecified atom stereocenters. The highest BCUT2D eigenvalue weighted by molar-refractivity contribution is 7.07. The number of hydrogen-bond donors (Lipinski definition) is 1. The van der Waals surface area contributed by atoms with Gasteiger partial charge < -0.3 is 5.32 Å². The van der Waals surface area contributed by atoms with Gasteiger partial charge in [-0.3, -0.25) is 0 Å². The Hall–Kier alpha value is -1.12. The Balaban J connectivity index is 2.06. The second-order valence-electron chi connectivity index (χ2n) is 5.94. The summed E-state index contributed by atoms with van der Waals surface area (Å²) in [5, 5.41) is 8.13. The SMILES string of the molecule is Cc1cc(C)c(C(C)NC(C)Cc2ccsc2)c(C)c1. The van der Waals surface area contributed by atoms with E-state index in [1.807, 2.05) is 0 Å². The summed E-state index contributed by atoms with van der Waals surface area (Å²) in [7, 11) is 0. The Labute approximate surface area is 127 Å². The number of nitrogens with one attached hydrogen (secondary N) is 1. The smallest absolute Gasteiger partial charge is 0.0299 e. The van der Waals surface area contributed by atoms with Crippen LogP contribution in [0.5, 0.6) is 0 Å². The van der Waals surface area contributed by atoms with Crippen LogP contribution in [0.2, 0.25) is 0 Å². The fourth-order valence-corrected chi connectivity index (χ4v) is 3.89. The molecule has 0 saturated heterocycles. The van der Waals surface area contributed by atoms with Gasteiger partial charge in [-0.25, -0.2) is 0 Å². The number of rotatable bonds is 5. The molecule has 2 aromatic rings. The first-order valence-electron chi connectivity index (χ1n) is 7.32. The molecule has 0 radical (unpaired) electrons. The molecule has 0 fully saturated rings. The molecule has 0 bridgehead atoms. The van der Waals surface area contributed by atoms with Crippen molar-refractivity contribution in [3.05, 3.63) is 56.8 Å². The zero-order valence-corrected chi connectivity index (χ0v) is 14.0. The van der Waals surface area contributed by atoms with E-state index in [9.17, 15) is 0 Å². The van der Waals surface area contributed by atoms with E-state index < -0.39 is 0 Å². The van der Waals surface area contributed by atoms with Crippen molar-refractivity contribution in [2.24, 2.45) is 0 Å². The van der Waals surface area contributed by atoms with Crippen LogP contribution in [0.1, 0.15) is 47.7 Å². The summed E-state index contributed by atoms with van der Waals surface area (Å²) in [6.07, 6.45) is 1.10. The van der Waals surface area contributed by atoms with Crippen molar-refractivity contribution in [3.63, 3.8) is 0 Å². The minimum absolute atomic E-state index is 0.393. The summed E-state index contributed by atoms with van der Waals surface area (Å²) < 4.78 is 0. The van der Waals surface area contributed by atoms with E-state index in [2.05, 4.69) is 68.9 Å². The van der Waals surface area contributed by atoms with Crippen LogP contribution in [0, 0.1) is 20.8 Å². The van der Waals surface area contributed by atoms with Crippen LogP contribution in [0.3, 0.4) is 0 Å². The highest BCUT2D eigenvalue weighted by Crippen LogP contribution is 2.24. The van der Waals surface area contributed by atoms with Gasteiger partial charge in [-0.05, 0) is 80.1 Å². The topological polar surface area (TPSA) is 12.0 Å². The van der Waals surface area contributed by atoms with Crippen LogP contribution in [-0.2, 0) is 6.42 Å². The van der Waals surface area contributed by atoms with Crippen molar-refractivity contribution in [1.82, 2.24) is 5.32 Å². The maximum Gasteiger partial charge on any atom is 0.0299 e. The van der Waals surface area contributed by atoms with Crippen LogP contribution in [0.4, 0.5) is 0 Å². The first-order chi connectivity index (χ1) is 9.47. The largest absolute Gasteiger partial charge is 0.307 e. The summed E-state index contributed by atoms with van der Waals surface area (Å²) in [6.45, 7) is 11.1. The number of thiophene rings is 1. The molecule has 1 heterocycles. The number of hydrogen-bond acceptors (Lipinski definition) is 2. The summed E-state index contributed by atoms with van der Waals surface area (Å²) in [5.74, 6) is 0. The molecule has 2 rings (SSSR count). The fraction of sp³-hybridized carbons (Fsp3) is 0.444. The molecule has 0 aliphatic carbocycles. The predicted octanol–water partition coefficient (Wildman–Crippen LogP) is 4.96. The molecule has 1 nitrogen and oxygen atoms in total. The lowest BCUT2D eigenvalue weighted by atomic mass is 9.94. The standard InChI is InChI=1S/C18H25NS/c1-12-8-13(2)18(14(3)9-12)16(5)19-15(4)10-17-6-7-20-11-17/h6-9,11,15-16,19H,10H2,1-5H3. The third-order valence-corrected chi connectivity index (χ3v) is 4.56. The van der Waals surface area contributed by atoms with Gasteiger partial charge in [0.1, 0.15) is 0 Å². The maximum atomic E-state index is 3.74. The molecule has 0 spiro atoms. The summed E-state index contributed by atoms with van der Waals surface area (Å²) in [5.41, 5.74) is 7.02. The molecule has 2 heteroatoms. The van der Waals surface area contributed by atoms with Crippen molar-refractivity contribution < 1.29 is 0 Å². The van der Waals surface area contributed by atoms with Gasteiger partial charge >= 0.3 is 0 Å². The van der Waals surface area contributed by atoms with Gasteiger partial charge in [-0.2, -0.15) is 11.3 Å². The molecule has 0 saturated carbocycles. The zero-order chi connectivity index (χ0) is 14.7. The molecule has 1 N–H and O–H groups in total. The lowest BCUT2D eigenvalue weighted by Crippen LogP contribution is -2.31. The van der Waals surface area contributed by atoms with Crippen LogP contribution in [0.15, 0.2) is 29.0 Å². The second-order valence-corrected chi connectivity index (χ2v) is 6.72. The third kappa shape index (κ3) is 3.71. The Morgan fingerprint density at radius 1 is 1.10 bits per heavy atom. The molecule has 2 atom stereocenters. The molecule has 1 aromatic carbocycles. The average Bonchev–Trinajstić information content (AvgIpc) is 2.79. The second kappa shape index (κ2) is 6.55. The van der Waals surface area contributed by atoms with Crippen molar-refractivity contribution in [1.29, 1.82) is 0 Å². The van der Waals surface area contributed by atoms with Gasteiger partial charge in [0, 0.05) is 12.1 Å². The quantitative estimate of drug-likeness (QED) is 0.820. The molecule has 0 aliphatic rings. The summed E-state index contributed by atoms with van der Waals surface area (Å²) >= 11 is 1.78. The molecule has 0 amide bonds. The minimum atomic E-state index is 0.393.